The molecule has 0 unspecified atom stereocenters. The quantitative estimate of drug-likeness (QED) is 0.493. The third-order valence-corrected chi connectivity index (χ3v) is 2.26. The molecule has 2 nitrogen and oxygen atoms in total. The molecular formula is C11H18O2. The van der Waals surface area contributed by atoms with Crippen LogP contribution in [0.2, 0.25) is 0 Å². The first-order chi connectivity index (χ1) is 6.33. The summed E-state index contributed by atoms with van der Waals surface area (Å²) in [6.45, 7) is 2.12. The van der Waals surface area contributed by atoms with Crippen LogP contribution in [-0.4, -0.2) is 12.1 Å². The molecule has 1 atom stereocenters. The number of carbonyl (C=O) groups is 1. The minimum atomic E-state index is -0.0179. The van der Waals surface area contributed by atoms with Gasteiger partial charge in [-0.1, -0.05) is 19.1 Å². The Balaban J connectivity index is 2.13. The van der Waals surface area contributed by atoms with Crippen molar-refractivity contribution in [3.05, 3.63) is 12.2 Å². The van der Waals surface area contributed by atoms with Crippen LogP contribution < -0.4 is 0 Å². The van der Waals surface area contributed by atoms with E-state index in [-0.39, 0.29) is 12.1 Å². The van der Waals surface area contributed by atoms with E-state index in [9.17, 15) is 4.79 Å². The number of hydrogen-bond acceptors (Lipinski definition) is 2. The monoisotopic (exact) mass is 182 g/mol. The number of allylic oxidation sites excluding steroid dienone is 2. The molecule has 0 aromatic rings. The van der Waals surface area contributed by atoms with Crippen molar-refractivity contribution < 1.29 is 9.53 Å². The van der Waals surface area contributed by atoms with E-state index in [1.165, 1.54) is 0 Å². The molecule has 0 aromatic heterocycles. The fourth-order valence-corrected chi connectivity index (χ4v) is 1.55. The highest BCUT2D eigenvalue weighted by atomic mass is 16.5. The summed E-state index contributed by atoms with van der Waals surface area (Å²) < 4.78 is 5.19. The van der Waals surface area contributed by atoms with E-state index in [0.29, 0.717) is 6.42 Å². The van der Waals surface area contributed by atoms with Crippen LogP contribution in [0.4, 0.5) is 0 Å². The molecule has 0 N–H and O–H groups in total. The van der Waals surface area contributed by atoms with Crippen molar-refractivity contribution in [1.82, 2.24) is 0 Å². The predicted molar refractivity (Wildman–Crippen MR) is 52.4 cm³/mol. The summed E-state index contributed by atoms with van der Waals surface area (Å²) >= 11 is 0. The summed E-state index contributed by atoms with van der Waals surface area (Å²) in [6.07, 6.45) is 10.3. The normalized spacial score (nSPS) is 23.5. The average molecular weight is 182 g/mol. The third kappa shape index (κ3) is 4.11. The van der Waals surface area contributed by atoms with E-state index in [0.717, 1.165) is 32.1 Å². The lowest BCUT2D eigenvalue weighted by molar-refractivity contribution is -0.153. The number of rotatable bonds is 4. The number of esters is 1. The number of carbonyl (C=O) groups excluding carboxylic acids is 1. The maximum Gasteiger partial charge on any atom is 0.306 e. The maximum absolute atomic E-state index is 10.9. The second-order valence-electron chi connectivity index (χ2n) is 3.46. The van der Waals surface area contributed by atoms with Crippen molar-refractivity contribution in [2.45, 2.75) is 51.6 Å². The van der Waals surface area contributed by atoms with Crippen molar-refractivity contribution in [2.75, 3.05) is 0 Å². The third-order valence-electron chi connectivity index (χ3n) is 2.26. The zero-order chi connectivity index (χ0) is 9.52. The molecular weight excluding hydrogens is 164 g/mol. The molecule has 0 spiro atoms. The van der Waals surface area contributed by atoms with E-state index >= 15 is 0 Å². The van der Waals surface area contributed by atoms with Gasteiger partial charge >= 0.3 is 5.97 Å². The smallest absolute Gasteiger partial charge is 0.306 e. The molecule has 1 heterocycles. The molecule has 0 amide bonds. The fourth-order valence-electron chi connectivity index (χ4n) is 1.55. The molecule has 0 saturated carbocycles. The highest BCUT2D eigenvalue weighted by Crippen LogP contribution is 2.18. The zero-order valence-electron chi connectivity index (χ0n) is 8.29. The summed E-state index contributed by atoms with van der Waals surface area (Å²) in [5.41, 5.74) is 0. The van der Waals surface area contributed by atoms with Gasteiger partial charge in [-0.05, 0) is 32.1 Å². The Bertz CT molecular complexity index is 185. The Labute approximate surface area is 80.0 Å². The van der Waals surface area contributed by atoms with Crippen molar-refractivity contribution in [2.24, 2.45) is 0 Å². The van der Waals surface area contributed by atoms with Gasteiger partial charge in [-0.2, -0.15) is 0 Å². The van der Waals surface area contributed by atoms with Gasteiger partial charge in [-0.25, -0.2) is 0 Å². The standard InChI is InChI=1S/C11H18O2/c1-2-3-4-5-7-10-8-6-9-11(12)13-10/h3-4,10H,2,5-9H2,1H3/b4-3+/t10-/m0/s1. The highest BCUT2D eigenvalue weighted by Gasteiger charge is 2.18. The number of ether oxygens (including phenoxy) is 1. The summed E-state index contributed by atoms with van der Waals surface area (Å²) in [7, 11) is 0. The lowest BCUT2D eigenvalue weighted by atomic mass is 10.0. The lowest BCUT2D eigenvalue weighted by Crippen LogP contribution is -2.23. The summed E-state index contributed by atoms with van der Waals surface area (Å²) in [5, 5.41) is 0. The van der Waals surface area contributed by atoms with E-state index in [4.69, 9.17) is 4.74 Å². The Kier molecular flexibility index (Phi) is 4.58. The van der Waals surface area contributed by atoms with Crippen LogP contribution in [0.1, 0.15) is 45.4 Å². The van der Waals surface area contributed by atoms with Crippen LogP contribution in [0.3, 0.4) is 0 Å². The SMILES string of the molecule is CC/C=C/CC[C@H]1CCCC(=O)O1. The lowest BCUT2D eigenvalue weighted by Gasteiger charge is -2.21. The van der Waals surface area contributed by atoms with Crippen LogP contribution in [-0.2, 0) is 9.53 Å². The van der Waals surface area contributed by atoms with Crippen molar-refractivity contribution in [3.63, 3.8) is 0 Å². The average Bonchev–Trinajstić information content (AvgIpc) is 2.13. The first-order valence-corrected chi connectivity index (χ1v) is 5.17. The molecule has 0 bridgehead atoms. The number of hydrogen-bond donors (Lipinski definition) is 0. The molecule has 1 saturated heterocycles. The van der Waals surface area contributed by atoms with Gasteiger partial charge in [0.2, 0.25) is 0 Å². The van der Waals surface area contributed by atoms with E-state index in [1.54, 1.807) is 0 Å². The first kappa shape index (κ1) is 10.3. The fraction of sp³-hybridized carbons (Fsp3) is 0.727. The summed E-state index contributed by atoms with van der Waals surface area (Å²) in [4.78, 5) is 10.9. The van der Waals surface area contributed by atoms with Crippen molar-refractivity contribution >= 4 is 5.97 Å². The molecule has 0 radical (unpaired) electrons. The minimum Gasteiger partial charge on any atom is -0.462 e. The number of cyclic esters (lactones) is 1. The Morgan fingerprint density at radius 3 is 3.08 bits per heavy atom. The van der Waals surface area contributed by atoms with Crippen LogP contribution >= 0.6 is 0 Å². The molecule has 0 aromatic carbocycles. The molecule has 74 valence electrons. The highest BCUT2D eigenvalue weighted by molar-refractivity contribution is 5.70. The largest absolute Gasteiger partial charge is 0.462 e. The first-order valence-electron chi connectivity index (χ1n) is 5.17. The van der Waals surface area contributed by atoms with Crippen molar-refractivity contribution in [3.8, 4) is 0 Å². The van der Waals surface area contributed by atoms with Gasteiger partial charge in [-0.15, -0.1) is 0 Å². The van der Waals surface area contributed by atoms with Crippen molar-refractivity contribution in [1.29, 1.82) is 0 Å². The second-order valence-corrected chi connectivity index (χ2v) is 3.46. The zero-order valence-corrected chi connectivity index (χ0v) is 8.29. The van der Waals surface area contributed by atoms with Gasteiger partial charge in [0.1, 0.15) is 6.10 Å². The second kappa shape index (κ2) is 5.79. The molecule has 1 fully saturated rings. The Hall–Kier alpha value is -0.790. The molecule has 1 rings (SSSR count). The van der Waals surface area contributed by atoms with E-state index in [1.807, 2.05) is 0 Å². The molecule has 2 heteroatoms. The van der Waals surface area contributed by atoms with Gasteiger partial charge in [0.05, 0.1) is 0 Å². The van der Waals surface area contributed by atoms with Crippen LogP contribution in [0.5, 0.6) is 0 Å². The van der Waals surface area contributed by atoms with Gasteiger partial charge in [0.25, 0.3) is 0 Å². The Morgan fingerprint density at radius 1 is 1.54 bits per heavy atom. The maximum atomic E-state index is 10.9. The molecule has 0 aliphatic carbocycles. The molecule has 1 aliphatic rings. The van der Waals surface area contributed by atoms with E-state index < -0.39 is 0 Å². The van der Waals surface area contributed by atoms with Crippen LogP contribution in [0.15, 0.2) is 12.2 Å². The summed E-state index contributed by atoms with van der Waals surface area (Å²) in [5.74, 6) is -0.0179. The van der Waals surface area contributed by atoms with Crippen LogP contribution in [0, 0.1) is 0 Å². The minimum absolute atomic E-state index is 0.0179. The van der Waals surface area contributed by atoms with Gasteiger partial charge in [-0.3, -0.25) is 4.79 Å². The molecule has 1 aliphatic heterocycles. The van der Waals surface area contributed by atoms with Gasteiger partial charge < -0.3 is 4.74 Å². The topological polar surface area (TPSA) is 26.3 Å². The van der Waals surface area contributed by atoms with Gasteiger partial charge in [0.15, 0.2) is 0 Å². The van der Waals surface area contributed by atoms with Gasteiger partial charge in [0, 0.05) is 6.42 Å². The molecule has 13 heavy (non-hydrogen) atoms. The van der Waals surface area contributed by atoms with E-state index in [2.05, 4.69) is 19.1 Å². The summed E-state index contributed by atoms with van der Waals surface area (Å²) in [6, 6.07) is 0. The van der Waals surface area contributed by atoms with Crippen LogP contribution in [0.25, 0.3) is 0 Å². The Morgan fingerprint density at radius 2 is 2.38 bits per heavy atom. The predicted octanol–water partition coefficient (Wildman–Crippen LogP) is 2.83.